The average Bonchev–Trinajstić information content (AvgIpc) is 2.62. The van der Waals surface area contributed by atoms with Gasteiger partial charge in [0.05, 0.1) is 0 Å². The first-order valence-electron chi connectivity index (χ1n) is 8.06. The maximum atomic E-state index is 12.1. The molecular formula is C19H21BrN2O4. The molecule has 0 aliphatic carbocycles. The lowest BCUT2D eigenvalue weighted by Gasteiger charge is -2.18. The van der Waals surface area contributed by atoms with E-state index in [4.69, 9.17) is 9.47 Å². The number of halogens is 1. The van der Waals surface area contributed by atoms with Crippen LogP contribution in [0.2, 0.25) is 0 Å². The van der Waals surface area contributed by atoms with Crippen molar-refractivity contribution in [2.45, 2.75) is 26.9 Å². The normalized spacial score (nSPS) is 11.4. The van der Waals surface area contributed by atoms with Crippen LogP contribution in [0.4, 0.5) is 0 Å². The molecule has 0 aromatic heterocycles. The highest BCUT2D eigenvalue weighted by molar-refractivity contribution is 9.10. The van der Waals surface area contributed by atoms with Crippen LogP contribution < -0.4 is 20.3 Å². The van der Waals surface area contributed by atoms with Gasteiger partial charge >= 0.3 is 0 Å². The minimum atomic E-state index is -0.762. The van der Waals surface area contributed by atoms with Gasteiger partial charge in [-0.2, -0.15) is 0 Å². The Balaban J connectivity index is 1.78. The maximum Gasteiger partial charge on any atom is 0.279 e. The van der Waals surface area contributed by atoms with Crippen LogP contribution in [0.25, 0.3) is 0 Å². The van der Waals surface area contributed by atoms with Crippen molar-refractivity contribution in [3.05, 3.63) is 58.1 Å². The zero-order valence-corrected chi connectivity index (χ0v) is 16.4. The zero-order chi connectivity index (χ0) is 19.1. The van der Waals surface area contributed by atoms with Crippen molar-refractivity contribution in [1.82, 2.24) is 10.9 Å². The number of carbonyl (C=O) groups excluding carboxylic acids is 2. The van der Waals surface area contributed by atoms with Crippen molar-refractivity contribution in [3.63, 3.8) is 0 Å². The number of ether oxygens (including phenoxy) is 2. The maximum absolute atomic E-state index is 12.1. The first kappa shape index (κ1) is 19.8. The molecule has 2 amide bonds. The van der Waals surface area contributed by atoms with Gasteiger partial charge in [-0.05, 0) is 56.2 Å². The summed E-state index contributed by atoms with van der Waals surface area (Å²) in [6, 6.07) is 12.8. The smallest absolute Gasteiger partial charge is 0.279 e. The van der Waals surface area contributed by atoms with Crippen molar-refractivity contribution in [2.24, 2.45) is 0 Å². The molecule has 2 N–H and O–H groups in total. The van der Waals surface area contributed by atoms with E-state index in [2.05, 4.69) is 26.8 Å². The van der Waals surface area contributed by atoms with E-state index >= 15 is 0 Å². The highest BCUT2D eigenvalue weighted by Crippen LogP contribution is 2.23. The van der Waals surface area contributed by atoms with E-state index < -0.39 is 17.9 Å². The number of amides is 2. The Morgan fingerprint density at radius 1 is 1.04 bits per heavy atom. The summed E-state index contributed by atoms with van der Waals surface area (Å²) in [5.74, 6) is 0.298. The number of hydrogen-bond acceptors (Lipinski definition) is 4. The summed E-state index contributed by atoms with van der Waals surface area (Å²) in [5, 5.41) is 0. The third-order valence-electron chi connectivity index (χ3n) is 3.58. The molecule has 2 aromatic rings. The lowest BCUT2D eigenvalue weighted by molar-refractivity contribution is -0.133. The van der Waals surface area contributed by atoms with Gasteiger partial charge in [0, 0.05) is 4.47 Å². The Labute approximate surface area is 161 Å². The summed E-state index contributed by atoms with van der Waals surface area (Å²) < 4.78 is 12.0. The standard InChI is InChI=1S/C19H21BrN2O4/c1-12-5-4-6-13(2)18(12)26-14(3)19(24)22-21-17(23)11-25-16-9-7-15(20)8-10-16/h4-10,14H,11H2,1-3H3,(H,21,23)(H,22,24). The second-order valence-corrected chi connectivity index (χ2v) is 6.68. The Kier molecular flexibility index (Phi) is 7.03. The molecule has 1 atom stereocenters. The minimum absolute atomic E-state index is 0.214. The van der Waals surface area contributed by atoms with Crippen molar-refractivity contribution < 1.29 is 19.1 Å². The second-order valence-electron chi connectivity index (χ2n) is 5.76. The van der Waals surface area contributed by atoms with E-state index in [1.54, 1.807) is 19.1 Å². The van der Waals surface area contributed by atoms with Crippen LogP contribution in [0.1, 0.15) is 18.1 Å². The quantitative estimate of drug-likeness (QED) is 0.703. The van der Waals surface area contributed by atoms with Crippen LogP contribution in [-0.2, 0) is 9.59 Å². The molecule has 1 unspecified atom stereocenters. The first-order chi connectivity index (χ1) is 12.4. The van der Waals surface area contributed by atoms with Gasteiger partial charge in [-0.15, -0.1) is 0 Å². The third kappa shape index (κ3) is 5.77. The number of benzene rings is 2. The average molecular weight is 421 g/mol. The molecule has 7 heteroatoms. The van der Waals surface area contributed by atoms with Gasteiger partial charge in [-0.3, -0.25) is 20.4 Å². The van der Waals surface area contributed by atoms with Gasteiger partial charge in [0.2, 0.25) is 0 Å². The molecular weight excluding hydrogens is 400 g/mol. The van der Waals surface area contributed by atoms with E-state index in [1.807, 2.05) is 44.2 Å². The SMILES string of the molecule is Cc1cccc(C)c1OC(C)C(=O)NNC(=O)COc1ccc(Br)cc1. The Morgan fingerprint density at radius 2 is 1.65 bits per heavy atom. The molecule has 2 rings (SSSR count). The molecule has 0 bridgehead atoms. The molecule has 138 valence electrons. The molecule has 0 heterocycles. The molecule has 0 saturated heterocycles. The summed E-state index contributed by atoms with van der Waals surface area (Å²) in [5.41, 5.74) is 6.53. The highest BCUT2D eigenvalue weighted by atomic mass is 79.9. The summed E-state index contributed by atoms with van der Waals surface area (Å²) in [4.78, 5) is 23.9. The summed E-state index contributed by atoms with van der Waals surface area (Å²) >= 11 is 3.32. The lowest BCUT2D eigenvalue weighted by Crippen LogP contribution is -2.48. The van der Waals surface area contributed by atoms with E-state index in [9.17, 15) is 9.59 Å². The van der Waals surface area contributed by atoms with Crippen LogP contribution in [0.15, 0.2) is 46.9 Å². The van der Waals surface area contributed by atoms with E-state index in [0.717, 1.165) is 15.6 Å². The van der Waals surface area contributed by atoms with Gasteiger partial charge in [0.25, 0.3) is 11.8 Å². The molecule has 26 heavy (non-hydrogen) atoms. The Hall–Kier alpha value is -2.54. The van der Waals surface area contributed by atoms with Crippen molar-refractivity contribution in [3.8, 4) is 11.5 Å². The zero-order valence-electron chi connectivity index (χ0n) is 14.8. The number of hydrogen-bond donors (Lipinski definition) is 2. The molecule has 2 aromatic carbocycles. The fourth-order valence-electron chi connectivity index (χ4n) is 2.16. The number of hydrazine groups is 1. The van der Waals surface area contributed by atoms with Crippen molar-refractivity contribution in [1.29, 1.82) is 0 Å². The predicted octanol–water partition coefficient (Wildman–Crippen LogP) is 3.06. The van der Waals surface area contributed by atoms with Crippen LogP contribution in [-0.4, -0.2) is 24.5 Å². The Bertz CT molecular complexity index is 757. The molecule has 0 spiro atoms. The third-order valence-corrected chi connectivity index (χ3v) is 4.11. The van der Waals surface area contributed by atoms with Crippen LogP contribution >= 0.6 is 15.9 Å². The number of rotatable bonds is 6. The summed E-state index contributed by atoms with van der Waals surface area (Å²) in [7, 11) is 0. The van der Waals surface area contributed by atoms with Crippen LogP contribution in [0.3, 0.4) is 0 Å². The molecule has 0 saturated carbocycles. The fourth-order valence-corrected chi connectivity index (χ4v) is 2.43. The van der Waals surface area contributed by atoms with E-state index in [1.165, 1.54) is 0 Å². The molecule has 0 aliphatic heterocycles. The van der Waals surface area contributed by atoms with Crippen molar-refractivity contribution in [2.75, 3.05) is 6.61 Å². The second kappa shape index (κ2) is 9.24. The number of para-hydroxylation sites is 1. The molecule has 0 radical (unpaired) electrons. The van der Waals surface area contributed by atoms with Crippen LogP contribution in [0, 0.1) is 13.8 Å². The van der Waals surface area contributed by atoms with Gasteiger partial charge in [-0.1, -0.05) is 34.1 Å². The number of nitrogens with one attached hydrogen (secondary N) is 2. The Morgan fingerprint density at radius 3 is 2.27 bits per heavy atom. The van der Waals surface area contributed by atoms with Gasteiger partial charge < -0.3 is 9.47 Å². The van der Waals surface area contributed by atoms with E-state index in [-0.39, 0.29) is 6.61 Å². The largest absolute Gasteiger partial charge is 0.484 e. The highest BCUT2D eigenvalue weighted by Gasteiger charge is 2.17. The van der Waals surface area contributed by atoms with Gasteiger partial charge in [0.15, 0.2) is 12.7 Å². The topological polar surface area (TPSA) is 76.7 Å². The van der Waals surface area contributed by atoms with Crippen LogP contribution in [0.5, 0.6) is 11.5 Å². The fraction of sp³-hybridized carbons (Fsp3) is 0.263. The summed E-state index contributed by atoms with van der Waals surface area (Å²) in [6.07, 6.45) is -0.762. The first-order valence-corrected chi connectivity index (χ1v) is 8.86. The molecule has 0 fully saturated rings. The lowest BCUT2D eigenvalue weighted by atomic mass is 10.1. The minimum Gasteiger partial charge on any atom is -0.484 e. The predicted molar refractivity (Wildman–Crippen MR) is 102 cm³/mol. The number of carbonyl (C=O) groups is 2. The van der Waals surface area contributed by atoms with Gasteiger partial charge in [-0.25, -0.2) is 0 Å². The number of aryl methyl sites for hydroxylation is 2. The monoisotopic (exact) mass is 420 g/mol. The van der Waals surface area contributed by atoms with E-state index in [0.29, 0.717) is 11.5 Å². The van der Waals surface area contributed by atoms with Gasteiger partial charge in [0.1, 0.15) is 11.5 Å². The molecule has 6 nitrogen and oxygen atoms in total. The summed E-state index contributed by atoms with van der Waals surface area (Å²) in [6.45, 7) is 5.22. The molecule has 0 aliphatic rings. The van der Waals surface area contributed by atoms with Crippen molar-refractivity contribution >= 4 is 27.7 Å².